The average molecular weight is 273 g/mol. The van der Waals surface area contributed by atoms with Crippen molar-refractivity contribution >= 4 is 5.69 Å². The number of aryl methyl sites for hydroxylation is 1. The van der Waals surface area contributed by atoms with Crippen LogP contribution in [0.3, 0.4) is 0 Å². The fraction of sp³-hybridized carbons (Fsp3) is 0.438. The normalized spacial score (nSPS) is 23.0. The van der Waals surface area contributed by atoms with Gasteiger partial charge in [0.05, 0.1) is 12.6 Å². The zero-order chi connectivity index (χ0) is 13.9. The molecule has 20 heavy (non-hydrogen) atoms. The maximum Gasteiger partial charge on any atom is 0.140 e. The number of para-hydroxylation sites is 1. The van der Waals surface area contributed by atoms with Gasteiger partial charge in [0.15, 0.2) is 0 Å². The molecule has 2 aromatic rings. The van der Waals surface area contributed by atoms with Crippen molar-refractivity contribution in [3.8, 4) is 0 Å². The van der Waals surface area contributed by atoms with E-state index in [1.807, 2.05) is 24.4 Å². The molecule has 1 aromatic heterocycles. The molecule has 1 aliphatic rings. The van der Waals surface area contributed by atoms with E-state index in [9.17, 15) is 4.39 Å². The monoisotopic (exact) mass is 273 g/mol. The van der Waals surface area contributed by atoms with E-state index in [0.29, 0.717) is 6.54 Å². The molecule has 0 unspecified atom stereocenters. The van der Waals surface area contributed by atoms with Crippen LogP contribution in [0.25, 0.3) is 0 Å². The van der Waals surface area contributed by atoms with Gasteiger partial charge in [0, 0.05) is 24.6 Å². The lowest BCUT2D eigenvalue weighted by Crippen LogP contribution is -2.43. The van der Waals surface area contributed by atoms with Gasteiger partial charge >= 0.3 is 0 Å². The highest BCUT2D eigenvalue weighted by atomic mass is 19.1. The largest absolute Gasteiger partial charge is 0.368 e. The molecule has 1 aromatic carbocycles. The number of alkyl halides is 1. The molecule has 3 rings (SSSR count). The molecule has 4 heteroatoms. The molecule has 0 bridgehead atoms. The minimum Gasteiger partial charge on any atom is -0.368 e. The molecule has 0 spiro atoms. The second-order valence-electron chi connectivity index (χ2n) is 5.29. The van der Waals surface area contributed by atoms with Gasteiger partial charge in [-0.2, -0.15) is 5.10 Å². The van der Waals surface area contributed by atoms with E-state index in [0.717, 1.165) is 19.4 Å². The Hall–Kier alpha value is -1.84. The molecule has 1 fully saturated rings. The smallest absolute Gasteiger partial charge is 0.140 e. The molecule has 2 heterocycles. The topological polar surface area (TPSA) is 21.1 Å². The minimum atomic E-state index is -0.881. The van der Waals surface area contributed by atoms with Gasteiger partial charge in [0.25, 0.3) is 0 Å². The van der Waals surface area contributed by atoms with Crippen molar-refractivity contribution in [1.82, 2.24) is 9.78 Å². The Kier molecular flexibility index (Phi) is 3.72. The van der Waals surface area contributed by atoms with Gasteiger partial charge in [-0.05, 0) is 30.5 Å². The summed E-state index contributed by atoms with van der Waals surface area (Å²) < 4.78 is 16.2. The number of piperidine rings is 1. The van der Waals surface area contributed by atoms with E-state index < -0.39 is 6.17 Å². The Bertz CT molecular complexity index is 553. The standard InChI is InChI=1S/C16H20FN3/c1-2-13-6-3-4-7-15(13)19-11-8-16(14(17)12-19)20-10-5-9-18-20/h3-7,9-10,14,16H,2,8,11-12H2,1H3/t14-,16+/m1/s1. The van der Waals surface area contributed by atoms with Crippen LogP contribution in [0.15, 0.2) is 42.7 Å². The molecule has 0 radical (unpaired) electrons. The van der Waals surface area contributed by atoms with Crippen LogP contribution < -0.4 is 4.90 Å². The number of halogens is 1. The highest BCUT2D eigenvalue weighted by molar-refractivity contribution is 5.54. The second-order valence-corrected chi connectivity index (χ2v) is 5.29. The van der Waals surface area contributed by atoms with Crippen molar-refractivity contribution < 1.29 is 4.39 Å². The van der Waals surface area contributed by atoms with E-state index in [-0.39, 0.29) is 6.04 Å². The summed E-state index contributed by atoms with van der Waals surface area (Å²) in [7, 11) is 0. The number of hydrogen-bond acceptors (Lipinski definition) is 2. The van der Waals surface area contributed by atoms with Gasteiger partial charge in [0.2, 0.25) is 0 Å². The molecule has 3 nitrogen and oxygen atoms in total. The summed E-state index contributed by atoms with van der Waals surface area (Å²) in [5.74, 6) is 0. The fourth-order valence-electron chi connectivity index (χ4n) is 3.00. The SMILES string of the molecule is CCc1ccccc1N1CC[C@H](n2cccn2)[C@H](F)C1. The Morgan fingerprint density at radius 2 is 2.15 bits per heavy atom. The van der Waals surface area contributed by atoms with Gasteiger partial charge in [-0.25, -0.2) is 4.39 Å². The van der Waals surface area contributed by atoms with E-state index in [1.165, 1.54) is 11.3 Å². The predicted molar refractivity (Wildman–Crippen MR) is 78.8 cm³/mol. The van der Waals surface area contributed by atoms with Crippen LogP contribution >= 0.6 is 0 Å². The third kappa shape index (κ3) is 2.42. The number of nitrogens with zero attached hydrogens (tertiary/aromatic N) is 3. The van der Waals surface area contributed by atoms with Crippen LogP contribution in [0.2, 0.25) is 0 Å². The molecule has 1 saturated heterocycles. The molecule has 1 aliphatic heterocycles. The van der Waals surface area contributed by atoms with Crippen molar-refractivity contribution in [1.29, 1.82) is 0 Å². The van der Waals surface area contributed by atoms with Crippen LogP contribution in [0.4, 0.5) is 10.1 Å². The summed E-state index contributed by atoms with van der Waals surface area (Å²) in [6, 6.07) is 10.0. The first kappa shape index (κ1) is 13.2. The summed E-state index contributed by atoms with van der Waals surface area (Å²) in [5.41, 5.74) is 2.47. The van der Waals surface area contributed by atoms with Gasteiger partial charge in [-0.1, -0.05) is 25.1 Å². The molecular formula is C16H20FN3. The Morgan fingerprint density at radius 3 is 2.85 bits per heavy atom. The zero-order valence-electron chi connectivity index (χ0n) is 11.7. The summed E-state index contributed by atoms with van der Waals surface area (Å²) in [4.78, 5) is 2.17. The lowest BCUT2D eigenvalue weighted by Gasteiger charge is -2.37. The zero-order valence-corrected chi connectivity index (χ0v) is 11.7. The summed E-state index contributed by atoms with van der Waals surface area (Å²) >= 11 is 0. The second kappa shape index (κ2) is 5.65. The Labute approximate surface area is 119 Å². The van der Waals surface area contributed by atoms with Crippen LogP contribution in [0.1, 0.15) is 24.9 Å². The highest BCUT2D eigenvalue weighted by Crippen LogP contribution is 2.30. The van der Waals surface area contributed by atoms with Crippen molar-refractivity contribution in [2.24, 2.45) is 0 Å². The van der Waals surface area contributed by atoms with Crippen molar-refractivity contribution in [2.45, 2.75) is 32.0 Å². The maximum atomic E-state index is 14.5. The van der Waals surface area contributed by atoms with Gasteiger partial charge in [0.1, 0.15) is 6.17 Å². The first-order valence-electron chi connectivity index (χ1n) is 7.25. The fourth-order valence-corrected chi connectivity index (χ4v) is 3.00. The molecular weight excluding hydrogens is 253 g/mol. The van der Waals surface area contributed by atoms with Crippen molar-refractivity contribution in [3.63, 3.8) is 0 Å². The first-order chi connectivity index (χ1) is 9.79. The van der Waals surface area contributed by atoms with Gasteiger partial charge in [-0.15, -0.1) is 0 Å². The predicted octanol–water partition coefficient (Wildman–Crippen LogP) is 3.24. The number of hydrogen-bond donors (Lipinski definition) is 0. The van der Waals surface area contributed by atoms with Gasteiger partial charge < -0.3 is 4.90 Å². The molecule has 2 atom stereocenters. The number of aromatic nitrogens is 2. The van der Waals surface area contributed by atoms with E-state index >= 15 is 0 Å². The molecule has 0 saturated carbocycles. The van der Waals surface area contributed by atoms with Crippen molar-refractivity contribution in [3.05, 3.63) is 48.3 Å². The maximum absolute atomic E-state index is 14.5. The Balaban J connectivity index is 1.76. The van der Waals surface area contributed by atoms with Crippen LogP contribution in [0, 0.1) is 0 Å². The van der Waals surface area contributed by atoms with Gasteiger partial charge in [-0.3, -0.25) is 4.68 Å². The number of anilines is 1. The van der Waals surface area contributed by atoms with Crippen LogP contribution in [0.5, 0.6) is 0 Å². The average Bonchev–Trinajstić information content (AvgIpc) is 3.01. The Morgan fingerprint density at radius 1 is 1.30 bits per heavy atom. The van der Waals surface area contributed by atoms with Crippen LogP contribution in [-0.4, -0.2) is 29.0 Å². The minimum absolute atomic E-state index is 0.130. The summed E-state index contributed by atoms with van der Waals surface area (Å²) in [6.07, 6.45) is 4.46. The quantitative estimate of drug-likeness (QED) is 0.856. The van der Waals surface area contributed by atoms with E-state index in [2.05, 4.69) is 29.1 Å². The van der Waals surface area contributed by atoms with Crippen LogP contribution in [-0.2, 0) is 6.42 Å². The lowest BCUT2D eigenvalue weighted by molar-refractivity contribution is 0.188. The molecule has 106 valence electrons. The number of benzene rings is 1. The highest BCUT2D eigenvalue weighted by Gasteiger charge is 2.31. The molecule has 0 N–H and O–H groups in total. The number of rotatable bonds is 3. The van der Waals surface area contributed by atoms with Crippen molar-refractivity contribution in [2.75, 3.05) is 18.0 Å². The summed E-state index contributed by atoms with van der Waals surface area (Å²) in [6.45, 7) is 3.46. The summed E-state index contributed by atoms with van der Waals surface area (Å²) in [5, 5.41) is 4.18. The van der Waals surface area contributed by atoms with E-state index in [4.69, 9.17) is 0 Å². The third-order valence-electron chi connectivity index (χ3n) is 4.08. The first-order valence-corrected chi connectivity index (χ1v) is 7.25. The third-order valence-corrected chi connectivity index (χ3v) is 4.08. The van der Waals surface area contributed by atoms with E-state index in [1.54, 1.807) is 10.9 Å². The molecule has 0 amide bonds. The lowest BCUT2D eigenvalue weighted by atomic mass is 10.0. The molecule has 0 aliphatic carbocycles.